The van der Waals surface area contributed by atoms with E-state index in [0.717, 1.165) is 51.4 Å². The molecule has 0 fully saturated rings. The Morgan fingerprint density at radius 1 is 0.661 bits per heavy atom. The van der Waals surface area contributed by atoms with Crippen LogP contribution in [0.25, 0.3) is 0 Å². The van der Waals surface area contributed by atoms with Gasteiger partial charge in [-0.1, -0.05) is 132 Å². The molecule has 0 aromatic heterocycles. The number of esters is 1. The summed E-state index contributed by atoms with van der Waals surface area (Å²) in [5, 5.41) is 9.48. The fourth-order valence-corrected chi connectivity index (χ4v) is 5.85. The molecule has 0 saturated carbocycles. The lowest BCUT2D eigenvalue weighted by Gasteiger charge is -2.24. The number of hydrogen-bond acceptors (Lipinski definition) is 7. The van der Waals surface area contributed by atoms with Crippen molar-refractivity contribution in [2.75, 3.05) is 47.5 Å². The SMILES string of the molecule is CCCCCC/C=C\CCCCCCCC/C=C/O[C@H](COC(=O)CCC/C=C\C/C=C\C/C=C\C/C=C\C=C\[C@@H](O)CC)COP(=O)(O)OCC[N+](C)(C)C. The number of phosphoric ester groups is 1. The number of ether oxygens (including phenoxy) is 2. The Morgan fingerprint density at radius 3 is 1.80 bits per heavy atom. The van der Waals surface area contributed by atoms with E-state index in [1.807, 2.05) is 46.3 Å². The Morgan fingerprint density at radius 2 is 1.20 bits per heavy atom. The van der Waals surface area contributed by atoms with Crippen LogP contribution in [0, 0.1) is 0 Å². The number of phosphoric acid groups is 1. The van der Waals surface area contributed by atoms with E-state index in [9.17, 15) is 19.4 Å². The van der Waals surface area contributed by atoms with Crippen molar-refractivity contribution in [2.24, 2.45) is 0 Å². The number of unbranched alkanes of at least 4 members (excludes halogenated alkanes) is 12. The van der Waals surface area contributed by atoms with Crippen molar-refractivity contribution in [1.82, 2.24) is 0 Å². The molecular formula is C46H81NO8P+. The van der Waals surface area contributed by atoms with Crippen LogP contribution in [0.1, 0.15) is 142 Å². The first-order valence-electron chi connectivity index (χ1n) is 21.5. The van der Waals surface area contributed by atoms with Gasteiger partial charge < -0.3 is 24.0 Å². The van der Waals surface area contributed by atoms with Gasteiger partial charge in [0.25, 0.3) is 0 Å². The highest BCUT2D eigenvalue weighted by atomic mass is 31.2. The summed E-state index contributed by atoms with van der Waals surface area (Å²) in [5.41, 5.74) is 0. The van der Waals surface area contributed by atoms with Gasteiger partial charge in [-0.2, -0.15) is 0 Å². The van der Waals surface area contributed by atoms with Crippen LogP contribution >= 0.6 is 7.82 Å². The minimum absolute atomic E-state index is 0.0692. The third-order valence-corrected chi connectivity index (χ3v) is 9.67. The molecular weight excluding hydrogens is 725 g/mol. The summed E-state index contributed by atoms with van der Waals surface area (Å²) in [4.78, 5) is 22.6. The van der Waals surface area contributed by atoms with Crippen LogP contribution in [0.15, 0.2) is 85.3 Å². The first-order valence-corrected chi connectivity index (χ1v) is 23.0. The molecule has 0 aromatic carbocycles. The normalized spacial score (nSPS) is 15.1. The standard InChI is InChI=1S/C46H80NO8P/c1-6-8-9-10-11-12-13-14-15-18-21-24-27-30-33-36-40-52-45(43-55-56(50,51)54-41-39-47(3,4)5)42-53-46(49)38-35-32-29-26-23-20-17-16-19-22-25-28-31-34-37-44(48)7-2/h12-13,17,19-20,22,26,28-29,31,34,36-37,40,44-45,48H,6-11,14-16,18,21,23-25,27,30,32-33,35,38-39,41-43H2,1-5H3/p+1/b13-12-,20-17-,22-19-,29-26-,31-28-,37-34+,40-36+/t44-,45+/m0/s1. The molecule has 0 aromatic rings. The van der Waals surface area contributed by atoms with Crippen molar-refractivity contribution >= 4 is 13.8 Å². The summed E-state index contributed by atoms with van der Waals surface area (Å²) in [5.74, 6) is -0.350. The van der Waals surface area contributed by atoms with Crippen molar-refractivity contribution in [3.8, 4) is 0 Å². The predicted molar refractivity (Wildman–Crippen MR) is 234 cm³/mol. The van der Waals surface area contributed by atoms with Crippen molar-refractivity contribution in [1.29, 1.82) is 0 Å². The van der Waals surface area contributed by atoms with E-state index >= 15 is 0 Å². The van der Waals surface area contributed by atoms with E-state index in [1.165, 1.54) is 64.2 Å². The number of quaternary nitrogens is 1. The third-order valence-electron chi connectivity index (χ3n) is 8.69. The highest BCUT2D eigenvalue weighted by molar-refractivity contribution is 7.47. The topological polar surface area (TPSA) is 112 Å². The molecule has 0 aliphatic rings. The summed E-state index contributed by atoms with van der Waals surface area (Å²) in [7, 11) is 1.60. The molecule has 9 nitrogen and oxygen atoms in total. The Balaban J connectivity index is 4.44. The molecule has 0 amide bonds. The highest BCUT2D eigenvalue weighted by Gasteiger charge is 2.25. The summed E-state index contributed by atoms with van der Waals surface area (Å²) in [6.45, 7) is 4.46. The number of aliphatic hydroxyl groups excluding tert-OH is 1. The molecule has 322 valence electrons. The molecule has 0 aliphatic carbocycles. The van der Waals surface area contributed by atoms with Crippen LogP contribution in [0.5, 0.6) is 0 Å². The van der Waals surface area contributed by atoms with E-state index in [1.54, 1.807) is 12.3 Å². The second kappa shape index (κ2) is 38.0. The zero-order valence-corrected chi connectivity index (χ0v) is 36.8. The Bertz CT molecular complexity index is 1180. The van der Waals surface area contributed by atoms with Gasteiger partial charge in [-0.15, -0.1) is 0 Å². The fourth-order valence-electron chi connectivity index (χ4n) is 5.10. The van der Waals surface area contributed by atoms with Crippen LogP contribution in [0.2, 0.25) is 0 Å². The summed E-state index contributed by atoms with van der Waals surface area (Å²) in [6, 6.07) is 0. The molecule has 3 atom stereocenters. The van der Waals surface area contributed by atoms with E-state index in [4.69, 9.17) is 18.5 Å². The molecule has 1 unspecified atom stereocenters. The van der Waals surface area contributed by atoms with Gasteiger partial charge in [0.2, 0.25) is 0 Å². The van der Waals surface area contributed by atoms with E-state index < -0.39 is 13.9 Å². The predicted octanol–water partition coefficient (Wildman–Crippen LogP) is 11.8. The largest absolute Gasteiger partial charge is 0.492 e. The lowest BCUT2D eigenvalue weighted by atomic mass is 10.1. The zero-order valence-electron chi connectivity index (χ0n) is 35.9. The second-order valence-corrected chi connectivity index (χ2v) is 16.7. The van der Waals surface area contributed by atoms with Gasteiger partial charge in [-0.05, 0) is 83.1 Å². The number of nitrogens with zero attached hydrogens (tertiary/aromatic N) is 1. The zero-order chi connectivity index (χ0) is 41.4. The number of rotatable bonds is 38. The minimum Gasteiger partial charge on any atom is -0.492 e. The maximum atomic E-state index is 12.5. The van der Waals surface area contributed by atoms with Crippen molar-refractivity contribution < 1.29 is 42.4 Å². The summed E-state index contributed by atoms with van der Waals surface area (Å²) in [6.07, 6.45) is 48.2. The maximum absolute atomic E-state index is 12.5. The molecule has 0 rings (SSSR count). The van der Waals surface area contributed by atoms with Gasteiger partial charge >= 0.3 is 13.8 Å². The first-order chi connectivity index (χ1) is 27.0. The van der Waals surface area contributed by atoms with Gasteiger partial charge in [-0.3, -0.25) is 13.8 Å². The molecule has 0 heterocycles. The number of carbonyl (C=O) groups is 1. The molecule has 56 heavy (non-hydrogen) atoms. The molecule has 0 bridgehead atoms. The molecule has 0 saturated heterocycles. The minimum atomic E-state index is -4.29. The van der Waals surface area contributed by atoms with Gasteiger partial charge in [-0.25, -0.2) is 4.57 Å². The number of aliphatic hydroxyl groups is 1. The van der Waals surface area contributed by atoms with Crippen molar-refractivity contribution in [3.05, 3.63) is 85.3 Å². The van der Waals surface area contributed by atoms with Crippen molar-refractivity contribution in [3.63, 3.8) is 0 Å². The smallest absolute Gasteiger partial charge is 0.472 e. The molecule has 0 spiro atoms. The first kappa shape index (κ1) is 53.5. The van der Waals surface area contributed by atoms with Gasteiger partial charge in [0.05, 0.1) is 40.1 Å². The maximum Gasteiger partial charge on any atom is 0.472 e. The van der Waals surface area contributed by atoms with E-state index in [2.05, 4.69) is 61.6 Å². The number of carbonyl (C=O) groups excluding carboxylic acids is 1. The summed E-state index contributed by atoms with van der Waals surface area (Å²) >= 11 is 0. The van der Waals surface area contributed by atoms with E-state index in [0.29, 0.717) is 17.4 Å². The Hall–Kier alpha value is -2.52. The molecule has 0 aliphatic heterocycles. The van der Waals surface area contributed by atoms with Crippen LogP contribution < -0.4 is 0 Å². The molecule has 2 N–H and O–H groups in total. The Labute approximate surface area is 342 Å². The Kier molecular flexibility index (Phi) is 36.3. The quantitative estimate of drug-likeness (QED) is 0.0121. The molecule has 0 radical (unpaired) electrons. The van der Waals surface area contributed by atoms with Crippen molar-refractivity contribution in [2.45, 2.75) is 154 Å². The van der Waals surface area contributed by atoms with Crippen LogP contribution in [-0.2, 0) is 27.9 Å². The average Bonchev–Trinajstić information content (AvgIpc) is 3.15. The molecule has 10 heteroatoms. The average molecular weight is 807 g/mol. The van der Waals surface area contributed by atoms with E-state index in [-0.39, 0.29) is 38.3 Å². The lowest BCUT2D eigenvalue weighted by molar-refractivity contribution is -0.870. The number of hydrogen-bond donors (Lipinski definition) is 2. The highest BCUT2D eigenvalue weighted by Crippen LogP contribution is 2.43. The van der Waals surface area contributed by atoms with Gasteiger partial charge in [0.15, 0.2) is 6.10 Å². The summed E-state index contributed by atoms with van der Waals surface area (Å²) < 4.78 is 34.6. The third kappa shape index (κ3) is 41.1. The van der Waals surface area contributed by atoms with Crippen LogP contribution in [0.4, 0.5) is 0 Å². The van der Waals surface area contributed by atoms with Gasteiger partial charge in [0, 0.05) is 6.42 Å². The second-order valence-electron chi connectivity index (χ2n) is 15.2. The number of likely N-dealkylation sites (N-methyl/N-ethyl adjacent to an activating group) is 1. The fraction of sp³-hybridized carbons (Fsp3) is 0.674. The van der Waals surface area contributed by atoms with Crippen LogP contribution in [0.3, 0.4) is 0 Å². The van der Waals surface area contributed by atoms with Crippen LogP contribution in [-0.4, -0.2) is 80.2 Å². The van der Waals surface area contributed by atoms with Gasteiger partial charge in [0.1, 0.15) is 19.8 Å². The number of allylic oxidation sites excluding steroid dienone is 12. The monoisotopic (exact) mass is 807 g/mol. The lowest BCUT2D eigenvalue weighted by Crippen LogP contribution is -2.37.